The van der Waals surface area contributed by atoms with Gasteiger partial charge in [0.05, 0.1) is 11.3 Å². The average molecular weight is 410 g/mol. The van der Waals surface area contributed by atoms with Crippen molar-refractivity contribution in [3.05, 3.63) is 33.4 Å². The van der Waals surface area contributed by atoms with Gasteiger partial charge >= 0.3 is 6.09 Å². The number of likely N-dealkylation sites (tertiary alicyclic amines) is 1. The predicted octanol–water partition coefficient (Wildman–Crippen LogP) is 2.20. The number of aromatic amines is 1. The predicted molar refractivity (Wildman–Crippen MR) is 108 cm³/mol. The van der Waals surface area contributed by atoms with E-state index in [4.69, 9.17) is 4.74 Å². The summed E-state index contributed by atoms with van der Waals surface area (Å²) >= 11 is 0. The maximum atomic E-state index is 12.8. The van der Waals surface area contributed by atoms with Gasteiger partial charge in [-0.15, -0.1) is 12.4 Å². The van der Waals surface area contributed by atoms with Crippen LogP contribution in [0.4, 0.5) is 4.79 Å². The molecule has 4 heterocycles. The van der Waals surface area contributed by atoms with E-state index in [-0.39, 0.29) is 30.0 Å². The molecule has 0 aliphatic carbocycles. The summed E-state index contributed by atoms with van der Waals surface area (Å²) in [5.74, 6) is 0.141. The number of fused-ring (bicyclic) bond motifs is 2. The first kappa shape index (κ1) is 20.7. The SMILES string of the molecule is CC(C)(C)OC(=O)N1CCCC(c2cc3nc4c(c(=O)n3[nH]2)CNCC4)C1.Cl. The molecule has 1 saturated heterocycles. The molecule has 2 N–H and O–H groups in total. The van der Waals surface area contributed by atoms with Gasteiger partial charge in [0.2, 0.25) is 0 Å². The third-order valence-electron chi connectivity index (χ3n) is 5.17. The highest BCUT2D eigenvalue weighted by Gasteiger charge is 2.29. The highest BCUT2D eigenvalue weighted by Crippen LogP contribution is 2.27. The van der Waals surface area contributed by atoms with Gasteiger partial charge in [0.1, 0.15) is 5.60 Å². The Kier molecular flexibility index (Phi) is 5.72. The molecule has 1 amide bonds. The summed E-state index contributed by atoms with van der Waals surface area (Å²) in [6.45, 7) is 8.31. The summed E-state index contributed by atoms with van der Waals surface area (Å²) in [6.07, 6.45) is 2.36. The molecule has 0 saturated carbocycles. The van der Waals surface area contributed by atoms with E-state index in [9.17, 15) is 9.59 Å². The fourth-order valence-corrected chi connectivity index (χ4v) is 3.86. The Morgan fingerprint density at radius 1 is 1.36 bits per heavy atom. The van der Waals surface area contributed by atoms with E-state index in [1.165, 1.54) is 4.52 Å². The molecule has 2 aromatic heterocycles. The minimum absolute atomic E-state index is 0. The van der Waals surface area contributed by atoms with Crippen LogP contribution in [0.15, 0.2) is 10.9 Å². The zero-order chi connectivity index (χ0) is 19.2. The molecule has 2 aromatic rings. The van der Waals surface area contributed by atoms with Gasteiger partial charge in [0, 0.05) is 50.3 Å². The van der Waals surface area contributed by atoms with Crippen molar-refractivity contribution in [1.29, 1.82) is 0 Å². The number of aromatic nitrogens is 3. The summed E-state index contributed by atoms with van der Waals surface area (Å²) < 4.78 is 7.04. The number of carbonyl (C=O) groups excluding carboxylic acids is 1. The van der Waals surface area contributed by atoms with Crippen molar-refractivity contribution in [2.45, 2.75) is 58.1 Å². The van der Waals surface area contributed by atoms with Crippen LogP contribution in [0.25, 0.3) is 5.65 Å². The van der Waals surface area contributed by atoms with E-state index in [1.807, 2.05) is 26.8 Å². The van der Waals surface area contributed by atoms with Crippen molar-refractivity contribution >= 4 is 24.1 Å². The van der Waals surface area contributed by atoms with Crippen molar-refractivity contribution in [1.82, 2.24) is 24.8 Å². The van der Waals surface area contributed by atoms with E-state index in [0.29, 0.717) is 25.3 Å². The Labute approximate surface area is 170 Å². The van der Waals surface area contributed by atoms with Gasteiger partial charge in [-0.3, -0.25) is 9.89 Å². The van der Waals surface area contributed by atoms with Crippen LogP contribution in [0.5, 0.6) is 0 Å². The zero-order valence-corrected chi connectivity index (χ0v) is 17.4. The first-order valence-corrected chi connectivity index (χ1v) is 9.64. The number of ether oxygens (including phenoxy) is 1. The largest absolute Gasteiger partial charge is 0.444 e. The first-order valence-electron chi connectivity index (χ1n) is 9.64. The molecule has 8 nitrogen and oxygen atoms in total. The molecule has 4 rings (SSSR count). The van der Waals surface area contributed by atoms with Crippen molar-refractivity contribution in [2.75, 3.05) is 19.6 Å². The number of rotatable bonds is 1. The molecule has 28 heavy (non-hydrogen) atoms. The average Bonchev–Trinajstić information content (AvgIpc) is 3.05. The summed E-state index contributed by atoms with van der Waals surface area (Å²) in [7, 11) is 0. The van der Waals surface area contributed by atoms with E-state index >= 15 is 0 Å². The van der Waals surface area contributed by atoms with Crippen LogP contribution < -0.4 is 10.9 Å². The highest BCUT2D eigenvalue weighted by molar-refractivity contribution is 5.85. The molecule has 9 heteroatoms. The summed E-state index contributed by atoms with van der Waals surface area (Å²) in [5.41, 5.74) is 2.70. The smallest absolute Gasteiger partial charge is 0.410 e. The molecule has 0 bridgehead atoms. The maximum absolute atomic E-state index is 12.8. The molecule has 0 radical (unpaired) electrons. The third kappa shape index (κ3) is 4.03. The van der Waals surface area contributed by atoms with Crippen molar-refractivity contribution in [2.24, 2.45) is 0 Å². The lowest BCUT2D eigenvalue weighted by Crippen LogP contribution is -2.42. The molecule has 2 aliphatic heterocycles. The Hall–Kier alpha value is -2.06. The monoisotopic (exact) mass is 409 g/mol. The number of halogens is 1. The number of nitrogens with zero attached hydrogens (tertiary/aromatic N) is 3. The lowest BCUT2D eigenvalue weighted by molar-refractivity contribution is 0.0197. The van der Waals surface area contributed by atoms with Crippen LogP contribution in [0.3, 0.4) is 0 Å². The van der Waals surface area contributed by atoms with Gasteiger partial charge in [-0.05, 0) is 33.6 Å². The molecular formula is C19H28ClN5O3. The van der Waals surface area contributed by atoms with Crippen LogP contribution in [-0.4, -0.2) is 50.8 Å². The van der Waals surface area contributed by atoms with Gasteiger partial charge in [-0.1, -0.05) is 0 Å². The maximum Gasteiger partial charge on any atom is 0.410 e. The Morgan fingerprint density at radius 2 is 2.14 bits per heavy atom. The van der Waals surface area contributed by atoms with Crippen molar-refractivity contribution in [3.63, 3.8) is 0 Å². The van der Waals surface area contributed by atoms with E-state index in [1.54, 1.807) is 4.90 Å². The minimum Gasteiger partial charge on any atom is -0.444 e. The van der Waals surface area contributed by atoms with Gasteiger partial charge in [0.15, 0.2) is 5.65 Å². The lowest BCUT2D eigenvalue weighted by Gasteiger charge is -2.33. The number of H-pyrrole nitrogens is 1. The van der Waals surface area contributed by atoms with Crippen molar-refractivity contribution < 1.29 is 9.53 Å². The van der Waals surface area contributed by atoms with Gasteiger partial charge in [-0.2, -0.15) is 0 Å². The topological polar surface area (TPSA) is 91.7 Å². The number of carbonyl (C=O) groups is 1. The van der Waals surface area contributed by atoms with E-state index in [2.05, 4.69) is 15.4 Å². The Balaban J connectivity index is 0.00000225. The number of amides is 1. The Morgan fingerprint density at radius 3 is 2.89 bits per heavy atom. The second kappa shape index (κ2) is 7.75. The quantitative estimate of drug-likeness (QED) is 0.753. The summed E-state index contributed by atoms with van der Waals surface area (Å²) in [6, 6.07) is 1.95. The zero-order valence-electron chi connectivity index (χ0n) is 16.6. The first-order chi connectivity index (χ1) is 12.8. The van der Waals surface area contributed by atoms with Crippen LogP contribution in [0, 0.1) is 0 Å². The third-order valence-corrected chi connectivity index (χ3v) is 5.17. The van der Waals surface area contributed by atoms with Crippen LogP contribution in [0.2, 0.25) is 0 Å². The molecule has 2 aliphatic rings. The van der Waals surface area contributed by atoms with Crippen LogP contribution >= 0.6 is 12.4 Å². The number of hydrogen-bond acceptors (Lipinski definition) is 5. The minimum atomic E-state index is -0.504. The summed E-state index contributed by atoms with van der Waals surface area (Å²) in [4.78, 5) is 31.6. The van der Waals surface area contributed by atoms with Gasteiger partial charge < -0.3 is 15.0 Å². The fraction of sp³-hybridized carbons (Fsp3) is 0.632. The normalized spacial score (nSPS) is 19.8. The number of hydrogen-bond donors (Lipinski definition) is 2. The second-order valence-electron chi connectivity index (χ2n) is 8.44. The van der Waals surface area contributed by atoms with Crippen molar-refractivity contribution in [3.8, 4) is 0 Å². The molecule has 1 unspecified atom stereocenters. The van der Waals surface area contributed by atoms with E-state index in [0.717, 1.165) is 42.8 Å². The van der Waals surface area contributed by atoms with Gasteiger partial charge in [0.25, 0.3) is 5.56 Å². The lowest BCUT2D eigenvalue weighted by atomic mass is 9.95. The molecule has 1 atom stereocenters. The summed E-state index contributed by atoms with van der Waals surface area (Å²) in [5, 5.41) is 6.45. The number of nitrogens with one attached hydrogen (secondary N) is 2. The number of piperidine rings is 1. The Bertz CT molecular complexity index is 930. The van der Waals surface area contributed by atoms with Crippen LogP contribution in [0.1, 0.15) is 56.5 Å². The second-order valence-corrected chi connectivity index (χ2v) is 8.44. The standard InChI is InChI=1S/C19H27N5O3.ClH/c1-19(2,3)27-18(26)23-8-4-5-12(11-23)15-9-16-21-14-6-7-20-10-13(14)17(25)24(16)22-15;/h9,12,20,22H,4-8,10-11H2,1-3H3;1H. The molecule has 0 spiro atoms. The van der Waals surface area contributed by atoms with Gasteiger partial charge in [-0.25, -0.2) is 14.3 Å². The highest BCUT2D eigenvalue weighted by atomic mass is 35.5. The molecule has 154 valence electrons. The fourth-order valence-electron chi connectivity index (χ4n) is 3.86. The molecular weight excluding hydrogens is 382 g/mol. The van der Waals surface area contributed by atoms with Crippen LogP contribution in [-0.2, 0) is 17.7 Å². The molecule has 0 aromatic carbocycles. The van der Waals surface area contributed by atoms with E-state index < -0.39 is 5.60 Å². The molecule has 1 fully saturated rings.